The Labute approximate surface area is 170 Å². The van der Waals surface area contributed by atoms with Crippen LogP contribution in [0.25, 0.3) is 16.8 Å². The maximum atomic E-state index is 12.7. The molecule has 3 rings (SSSR count). The predicted molar refractivity (Wildman–Crippen MR) is 115 cm³/mol. The van der Waals surface area contributed by atoms with Crippen LogP contribution in [0.1, 0.15) is 19.4 Å². The van der Waals surface area contributed by atoms with Crippen LogP contribution in [0, 0.1) is 11.3 Å². The zero-order chi connectivity index (χ0) is 20.8. The Hall–Kier alpha value is -3.78. The van der Waals surface area contributed by atoms with Crippen molar-refractivity contribution in [2.75, 3.05) is 12.4 Å². The number of ether oxygens (including phenoxy) is 2. The van der Waals surface area contributed by atoms with Crippen LogP contribution < -0.4 is 14.8 Å². The van der Waals surface area contributed by atoms with Crippen molar-refractivity contribution in [3.63, 3.8) is 0 Å². The van der Waals surface area contributed by atoms with E-state index in [0.717, 1.165) is 10.8 Å². The molecule has 5 nitrogen and oxygen atoms in total. The molecule has 0 aromatic heterocycles. The molecule has 0 bridgehead atoms. The van der Waals surface area contributed by atoms with E-state index in [1.165, 1.54) is 6.08 Å². The standard InChI is InChI=1S/C24H22N2O3/c1-16(2)29-22-12-11-17(14-23(22)28-3)13-19(15-25)24(27)26-21-10-6-8-18-7-4-5-9-20(18)21/h4-14,16H,1-3H3,(H,26,27). The molecule has 3 aromatic rings. The van der Waals surface area contributed by atoms with Gasteiger partial charge in [0.25, 0.3) is 5.91 Å². The van der Waals surface area contributed by atoms with Crippen molar-refractivity contribution in [1.82, 2.24) is 0 Å². The summed E-state index contributed by atoms with van der Waals surface area (Å²) in [6.45, 7) is 3.86. The summed E-state index contributed by atoms with van der Waals surface area (Å²) in [4.78, 5) is 12.7. The highest BCUT2D eigenvalue weighted by Gasteiger charge is 2.13. The molecule has 0 aliphatic carbocycles. The van der Waals surface area contributed by atoms with Crippen molar-refractivity contribution in [3.8, 4) is 17.6 Å². The van der Waals surface area contributed by atoms with Gasteiger partial charge in [-0.2, -0.15) is 5.26 Å². The summed E-state index contributed by atoms with van der Waals surface area (Å²) in [6.07, 6.45) is 1.54. The first-order valence-corrected chi connectivity index (χ1v) is 9.27. The Bertz CT molecular complexity index is 1110. The molecule has 0 aliphatic heterocycles. The van der Waals surface area contributed by atoms with Crippen molar-refractivity contribution >= 4 is 28.4 Å². The molecule has 1 amide bonds. The second kappa shape index (κ2) is 8.94. The van der Waals surface area contributed by atoms with Crippen molar-refractivity contribution < 1.29 is 14.3 Å². The Morgan fingerprint density at radius 3 is 2.55 bits per heavy atom. The fourth-order valence-corrected chi connectivity index (χ4v) is 2.96. The molecule has 0 saturated carbocycles. The number of hydrogen-bond donors (Lipinski definition) is 1. The van der Waals surface area contributed by atoms with Gasteiger partial charge in [0, 0.05) is 11.1 Å². The van der Waals surface area contributed by atoms with Crippen LogP contribution in [0.15, 0.2) is 66.2 Å². The number of nitriles is 1. The lowest BCUT2D eigenvalue weighted by Crippen LogP contribution is -2.13. The minimum absolute atomic E-state index is 0.00230. The van der Waals surface area contributed by atoms with Crippen LogP contribution in [0.2, 0.25) is 0 Å². The quantitative estimate of drug-likeness (QED) is 0.468. The number of rotatable bonds is 6. The summed E-state index contributed by atoms with van der Waals surface area (Å²) in [7, 11) is 1.55. The van der Waals surface area contributed by atoms with Crippen molar-refractivity contribution in [2.24, 2.45) is 0 Å². The number of methoxy groups -OCH3 is 1. The van der Waals surface area contributed by atoms with Crippen LogP contribution in [0.5, 0.6) is 11.5 Å². The largest absolute Gasteiger partial charge is 0.493 e. The molecule has 0 saturated heterocycles. The molecule has 0 heterocycles. The molecular formula is C24H22N2O3. The highest BCUT2D eigenvalue weighted by Crippen LogP contribution is 2.30. The Balaban J connectivity index is 1.88. The maximum Gasteiger partial charge on any atom is 0.266 e. The van der Waals surface area contributed by atoms with Gasteiger partial charge in [0.1, 0.15) is 11.6 Å². The first-order chi connectivity index (χ1) is 14.0. The summed E-state index contributed by atoms with van der Waals surface area (Å²) in [5, 5.41) is 14.3. The first-order valence-electron chi connectivity index (χ1n) is 9.27. The Kier molecular flexibility index (Phi) is 6.16. The smallest absolute Gasteiger partial charge is 0.266 e. The third-order valence-electron chi connectivity index (χ3n) is 4.26. The number of amides is 1. The average molecular weight is 386 g/mol. The molecule has 0 aliphatic rings. The molecule has 1 N–H and O–H groups in total. The lowest BCUT2D eigenvalue weighted by atomic mass is 10.1. The van der Waals surface area contributed by atoms with E-state index in [9.17, 15) is 10.1 Å². The predicted octanol–water partition coefficient (Wildman–Crippen LogP) is 5.18. The number of carbonyl (C=O) groups excluding carboxylic acids is 1. The summed E-state index contributed by atoms with van der Waals surface area (Å²) in [5.74, 6) is 0.683. The molecule has 5 heteroatoms. The van der Waals surface area contributed by atoms with Crippen molar-refractivity contribution in [1.29, 1.82) is 5.26 Å². The zero-order valence-electron chi connectivity index (χ0n) is 16.6. The number of anilines is 1. The van der Waals surface area contributed by atoms with Crippen LogP contribution in [-0.2, 0) is 4.79 Å². The van der Waals surface area contributed by atoms with Gasteiger partial charge in [-0.15, -0.1) is 0 Å². The number of benzene rings is 3. The van der Waals surface area contributed by atoms with E-state index in [4.69, 9.17) is 9.47 Å². The minimum Gasteiger partial charge on any atom is -0.493 e. The van der Waals surface area contributed by atoms with Gasteiger partial charge in [0.15, 0.2) is 11.5 Å². The molecule has 146 valence electrons. The fourth-order valence-electron chi connectivity index (χ4n) is 2.96. The van der Waals surface area contributed by atoms with Gasteiger partial charge in [0.2, 0.25) is 0 Å². The van der Waals surface area contributed by atoms with E-state index in [2.05, 4.69) is 5.32 Å². The highest BCUT2D eigenvalue weighted by atomic mass is 16.5. The second-order valence-corrected chi connectivity index (χ2v) is 6.73. The van der Waals surface area contributed by atoms with Gasteiger partial charge in [0.05, 0.1) is 13.2 Å². The third kappa shape index (κ3) is 4.74. The number of hydrogen-bond acceptors (Lipinski definition) is 4. The monoisotopic (exact) mass is 386 g/mol. The van der Waals surface area contributed by atoms with Crippen molar-refractivity contribution in [3.05, 3.63) is 71.8 Å². The summed E-state index contributed by atoms with van der Waals surface area (Å²) in [5.41, 5.74) is 1.33. The van der Waals surface area contributed by atoms with Gasteiger partial charge in [-0.25, -0.2) is 0 Å². The SMILES string of the molecule is COc1cc(C=C(C#N)C(=O)Nc2cccc3ccccc23)ccc1OC(C)C. The van der Waals surface area contributed by atoms with Crippen LogP contribution in [0.3, 0.4) is 0 Å². The Morgan fingerprint density at radius 2 is 1.83 bits per heavy atom. The lowest BCUT2D eigenvalue weighted by molar-refractivity contribution is -0.112. The van der Waals surface area contributed by atoms with E-state index >= 15 is 0 Å². The minimum atomic E-state index is -0.467. The maximum absolute atomic E-state index is 12.7. The van der Waals surface area contributed by atoms with Crippen LogP contribution >= 0.6 is 0 Å². The van der Waals surface area contributed by atoms with E-state index in [0.29, 0.717) is 22.7 Å². The van der Waals surface area contributed by atoms with E-state index < -0.39 is 5.91 Å². The second-order valence-electron chi connectivity index (χ2n) is 6.73. The van der Waals surface area contributed by atoms with E-state index in [1.807, 2.05) is 62.4 Å². The van der Waals surface area contributed by atoms with Gasteiger partial charge in [-0.3, -0.25) is 4.79 Å². The molecule has 0 atom stereocenters. The van der Waals surface area contributed by atoms with Gasteiger partial charge < -0.3 is 14.8 Å². The average Bonchev–Trinajstić information content (AvgIpc) is 2.72. The number of fused-ring (bicyclic) bond motifs is 1. The molecule has 0 spiro atoms. The molecule has 3 aromatic carbocycles. The normalized spacial score (nSPS) is 11.2. The van der Waals surface area contributed by atoms with Gasteiger partial charge in [-0.1, -0.05) is 42.5 Å². The van der Waals surface area contributed by atoms with E-state index in [1.54, 1.807) is 25.3 Å². The van der Waals surface area contributed by atoms with Crippen LogP contribution in [0.4, 0.5) is 5.69 Å². The molecule has 0 radical (unpaired) electrons. The van der Waals surface area contributed by atoms with Gasteiger partial charge in [-0.05, 0) is 49.1 Å². The topological polar surface area (TPSA) is 71.3 Å². The zero-order valence-corrected chi connectivity index (χ0v) is 16.6. The lowest BCUT2D eigenvalue weighted by Gasteiger charge is -2.14. The first kappa shape index (κ1) is 20.0. The molecular weight excluding hydrogens is 364 g/mol. The summed E-state index contributed by atoms with van der Waals surface area (Å²) < 4.78 is 11.1. The van der Waals surface area contributed by atoms with Crippen molar-refractivity contribution in [2.45, 2.75) is 20.0 Å². The van der Waals surface area contributed by atoms with E-state index in [-0.39, 0.29) is 11.7 Å². The van der Waals surface area contributed by atoms with Gasteiger partial charge >= 0.3 is 0 Å². The summed E-state index contributed by atoms with van der Waals surface area (Å²) in [6, 6.07) is 20.7. The molecule has 0 fully saturated rings. The number of carbonyl (C=O) groups is 1. The Morgan fingerprint density at radius 1 is 1.07 bits per heavy atom. The van der Waals surface area contributed by atoms with Crippen LogP contribution in [-0.4, -0.2) is 19.1 Å². The summed E-state index contributed by atoms with van der Waals surface area (Å²) >= 11 is 0. The number of nitrogens with one attached hydrogen (secondary N) is 1. The third-order valence-corrected chi connectivity index (χ3v) is 4.26. The molecule has 29 heavy (non-hydrogen) atoms. The molecule has 0 unspecified atom stereocenters. The highest BCUT2D eigenvalue weighted by molar-refractivity contribution is 6.12. The fraction of sp³-hybridized carbons (Fsp3) is 0.167. The number of nitrogens with zero attached hydrogens (tertiary/aromatic N) is 1.